The molecule has 1 aromatic heterocycles. The predicted molar refractivity (Wildman–Crippen MR) is 141 cm³/mol. The van der Waals surface area contributed by atoms with Gasteiger partial charge < -0.3 is 33.9 Å². The Kier molecular flexibility index (Phi) is 7.11. The molecular weight excluding hydrogens is 491 g/mol. The molecule has 9 heteroatoms. The van der Waals surface area contributed by atoms with E-state index >= 15 is 0 Å². The Morgan fingerprint density at radius 1 is 1.13 bits per heavy atom. The highest BCUT2D eigenvalue weighted by Crippen LogP contribution is 2.39. The van der Waals surface area contributed by atoms with Crippen molar-refractivity contribution < 1.29 is 33.2 Å². The number of anilines is 1. The summed E-state index contributed by atoms with van der Waals surface area (Å²) in [5, 5.41) is 9.99. The molecule has 3 aromatic carbocycles. The summed E-state index contributed by atoms with van der Waals surface area (Å²) >= 11 is 0. The van der Waals surface area contributed by atoms with E-state index in [9.17, 15) is 14.3 Å². The van der Waals surface area contributed by atoms with Crippen LogP contribution in [0.3, 0.4) is 0 Å². The normalized spacial score (nSPS) is 13.1. The van der Waals surface area contributed by atoms with Gasteiger partial charge in [-0.15, -0.1) is 0 Å². The van der Waals surface area contributed by atoms with Crippen LogP contribution in [0, 0.1) is 5.82 Å². The van der Waals surface area contributed by atoms with E-state index in [1.165, 1.54) is 26.4 Å². The summed E-state index contributed by atoms with van der Waals surface area (Å²) in [5.74, 6) is 1.39. The first-order valence-electron chi connectivity index (χ1n) is 12.2. The summed E-state index contributed by atoms with van der Waals surface area (Å²) in [5.41, 5.74) is 3.46. The number of halogens is 1. The Hall–Kier alpha value is -4.24. The number of nitrogens with zero attached hydrogens (tertiary/aromatic N) is 1. The molecule has 0 radical (unpaired) electrons. The largest absolute Gasteiger partial charge is 0.497 e. The number of aliphatic hydroxyl groups excluding tert-OH is 1. The number of carbonyl (C=O) groups excluding carboxylic acids is 1. The Morgan fingerprint density at radius 2 is 1.95 bits per heavy atom. The molecule has 0 aliphatic carbocycles. The van der Waals surface area contributed by atoms with Crippen molar-refractivity contribution in [2.45, 2.75) is 12.5 Å². The standard InChI is InChI=1S/C29H29FN2O6/c1-32(19-12-20(35-2)14-21(13-19)37-9-7-33)28(22-5-4-18(30)11-27(22)36-3)29(34)24-16-31-25-15-26-17(6-8-38-26)10-23(24)25/h4-5,10-16,28,31,33H,6-9H2,1-3H3. The molecular formula is C29H29FN2O6. The Balaban J connectivity index is 1.64. The lowest BCUT2D eigenvalue weighted by Gasteiger charge is -2.31. The zero-order valence-electron chi connectivity index (χ0n) is 21.4. The fourth-order valence-electron chi connectivity index (χ4n) is 4.86. The summed E-state index contributed by atoms with van der Waals surface area (Å²) in [6.45, 7) is 0.569. The van der Waals surface area contributed by atoms with Crippen LogP contribution in [0.5, 0.6) is 23.0 Å². The predicted octanol–water partition coefficient (Wildman–Crippen LogP) is 4.69. The molecule has 8 nitrogen and oxygen atoms in total. The van der Waals surface area contributed by atoms with Gasteiger partial charge in [-0.05, 0) is 23.8 Å². The van der Waals surface area contributed by atoms with Gasteiger partial charge in [0, 0.05) is 77.7 Å². The molecule has 2 heterocycles. The number of Topliss-reactive ketones (excluding diaryl/α,β-unsaturated/α-hetero) is 1. The van der Waals surface area contributed by atoms with E-state index in [0.717, 1.165) is 28.6 Å². The van der Waals surface area contributed by atoms with Crippen molar-refractivity contribution in [2.24, 2.45) is 0 Å². The zero-order valence-corrected chi connectivity index (χ0v) is 21.4. The number of ketones is 1. The number of hydrogen-bond donors (Lipinski definition) is 2. The summed E-state index contributed by atoms with van der Waals surface area (Å²) in [7, 11) is 4.76. The number of nitrogens with one attached hydrogen (secondary N) is 1. The number of aromatic nitrogens is 1. The third-order valence-corrected chi connectivity index (χ3v) is 6.75. The molecule has 0 saturated heterocycles. The number of benzene rings is 3. The van der Waals surface area contributed by atoms with Gasteiger partial charge in [-0.25, -0.2) is 4.39 Å². The highest BCUT2D eigenvalue weighted by Gasteiger charge is 2.32. The fourth-order valence-corrected chi connectivity index (χ4v) is 4.86. The highest BCUT2D eigenvalue weighted by atomic mass is 19.1. The van der Waals surface area contributed by atoms with Gasteiger partial charge >= 0.3 is 0 Å². The van der Waals surface area contributed by atoms with E-state index in [0.29, 0.717) is 34.9 Å². The van der Waals surface area contributed by atoms with Crippen LogP contribution in [0.2, 0.25) is 0 Å². The number of hydrogen-bond acceptors (Lipinski definition) is 7. The molecule has 0 spiro atoms. The van der Waals surface area contributed by atoms with Gasteiger partial charge in [-0.1, -0.05) is 0 Å². The molecule has 0 saturated carbocycles. The maximum atomic E-state index is 14.4. The SMILES string of the molecule is COc1cc(OCCO)cc(N(C)C(C(=O)c2c[nH]c3cc4c(cc23)CCO4)c2ccc(F)cc2OC)c1. The van der Waals surface area contributed by atoms with Gasteiger partial charge in [0.05, 0.1) is 27.4 Å². The topological polar surface area (TPSA) is 93.2 Å². The molecule has 0 fully saturated rings. The van der Waals surface area contributed by atoms with Crippen LogP contribution in [0.15, 0.2) is 54.7 Å². The molecule has 38 heavy (non-hydrogen) atoms. The van der Waals surface area contributed by atoms with Crippen LogP contribution in [0.25, 0.3) is 10.9 Å². The summed E-state index contributed by atoms with van der Waals surface area (Å²) in [6.07, 6.45) is 2.47. The summed E-state index contributed by atoms with van der Waals surface area (Å²) in [6, 6.07) is 12.4. The Bertz CT molecular complexity index is 1480. The monoisotopic (exact) mass is 520 g/mol. The van der Waals surface area contributed by atoms with Crippen molar-refractivity contribution in [1.82, 2.24) is 4.98 Å². The minimum Gasteiger partial charge on any atom is -0.497 e. The lowest BCUT2D eigenvalue weighted by Crippen LogP contribution is -2.31. The van der Waals surface area contributed by atoms with E-state index in [4.69, 9.17) is 18.9 Å². The number of likely N-dealkylation sites (N-methyl/N-ethyl adjacent to an activating group) is 1. The van der Waals surface area contributed by atoms with Gasteiger partial charge in [0.15, 0.2) is 5.78 Å². The number of methoxy groups -OCH3 is 2. The number of aromatic amines is 1. The third-order valence-electron chi connectivity index (χ3n) is 6.75. The molecule has 0 amide bonds. The quantitative estimate of drug-likeness (QED) is 0.293. The zero-order chi connectivity index (χ0) is 26.8. The average molecular weight is 521 g/mol. The number of H-pyrrole nitrogens is 1. The minimum absolute atomic E-state index is 0.105. The molecule has 5 rings (SSSR count). The fraction of sp³-hybridized carbons (Fsp3) is 0.276. The Morgan fingerprint density at radius 3 is 2.71 bits per heavy atom. The molecule has 1 aliphatic rings. The molecule has 4 aromatic rings. The number of aliphatic hydroxyl groups is 1. The van der Waals surface area contributed by atoms with Gasteiger partial charge in [0.2, 0.25) is 0 Å². The Labute approximate surface area is 219 Å². The van der Waals surface area contributed by atoms with Gasteiger partial charge in [-0.3, -0.25) is 4.79 Å². The summed E-state index contributed by atoms with van der Waals surface area (Å²) < 4.78 is 36.4. The van der Waals surface area contributed by atoms with E-state index in [-0.39, 0.29) is 24.7 Å². The number of ether oxygens (including phenoxy) is 4. The first-order valence-corrected chi connectivity index (χ1v) is 12.2. The van der Waals surface area contributed by atoms with Crippen LogP contribution in [0.4, 0.5) is 10.1 Å². The van der Waals surface area contributed by atoms with E-state index in [1.54, 1.807) is 42.4 Å². The van der Waals surface area contributed by atoms with Crippen LogP contribution in [-0.2, 0) is 6.42 Å². The molecule has 198 valence electrons. The van der Waals surface area contributed by atoms with E-state index < -0.39 is 11.9 Å². The second-order valence-electron chi connectivity index (χ2n) is 9.01. The highest BCUT2D eigenvalue weighted by molar-refractivity contribution is 6.12. The first-order chi connectivity index (χ1) is 18.4. The van der Waals surface area contributed by atoms with Gasteiger partial charge in [0.25, 0.3) is 0 Å². The number of rotatable bonds is 10. The first kappa shape index (κ1) is 25.4. The van der Waals surface area contributed by atoms with Crippen molar-refractivity contribution in [3.05, 3.63) is 77.2 Å². The minimum atomic E-state index is -0.883. The maximum absolute atomic E-state index is 14.4. The van der Waals surface area contributed by atoms with Crippen molar-refractivity contribution >= 4 is 22.4 Å². The van der Waals surface area contributed by atoms with Crippen molar-refractivity contribution in [3.8, 4) is 23.0 Å². The molecule has 1 atom stereocenters. The lowest BCUT2D eigenvalue weighted by atomic mass is 9.94. The second kappa shape index (κ2) is 10.6. The molecule has 2 N–H and O–H groups in total. The maximum Gasteiger partial charge on any atom is 0.192 e. The van der Waals surface area contributed by atoms with Crippen LogP contribution >= 0.6 is 0 Å². The van der Waals surface area contributed by atoms with Crippen LogP contribution in [0.1, 0.15) is 27.5 Å². The van der Waals surface area contributed by atoms with Gasteiger partial charge in [-0.2, -0.15) is 0 Å². The molecule has 0 bridgehead atoms. The lowest BCUT2D eigenvalue weighted by molar-refractivity contribution is 0.0959. The van der Waals surface area contributed by atoms with Gasteiger partial charge in [0.1, 0.15) is 41.5 Å². The molecule has 1 aliphatic heterocycles. The summed E-state index contributed by atoms with van der Waals surface area (Å²) in [4.78, 5) is 19.3. The van der Waals surface area contributed by atoms with Crippen LogP contribution in [-0.4, -0.2) is 57.0 Å². The van der Waals surface area contributed by atoms with Crippen molar-refractivity contribution in [1.29, 1.82) is 0 Å². The van der Waals surface area contributed by atoms with E-state index in [1.807, 2.05) is 12.1 Å². The van der Waals surface area contributed by atoms with Crippen molar-refractivity contribution in [3.63, 3.8) is 0 Å². The number of fused-ring (bicyclic) bond motifs is 2. The van der Waals surface area contributed by atoms with Crippen molar-refractivity contribution in [2.75, 3.05) is 46.0 Å². The third kappa shape index (κ3) is 4.72. The smallest absolute Gasteiger partial charge is 0.192 e. The number of carbonyl (C=O) groups is 1. The van der Waals surface area contributed by atoms with Crippen LogP contribution < -0.4 is 23.8 Å². The molecule has 1 unspecified atom stereocenters. The average Bonchev–Trinajstić information content (AvgIpc) is 3.57. The van der Waals surface area contributed by atoms with E-state index in [2.05, 4.69) is 4.98 Å². The second-order valence-corrected chi connectivity index (χ2v) is 9.01.